The zero-order valence-electron chi connectivity index (χ0n) is 9.86. The second kappa shape index (κ2) is 5.92. The first-order valence-corrected chi connectivity index (χ1v) is 6.19. The van der Waals surface area contributed by atoms with Gasteiger partial charge in [-0.1, -0.05) is 26.0 Å². The van der Waals surface area contributed by atoms with Crippen molar-refractivity contribution in [3.05, 3.63) is 29.8 Å². The molecule has 0 heterocycles. The Morgan fingerprint density at radius 2 is 1.81 bits per heavy atom. The van der Waals surface area contributed by atoms with Gasteiger partial charge in [-0.3, -0.25) is 10.2 Å². The van der Waals surface area contributed by atoms with Crippen molar-refractivity contribution in [1.82, 2.24) is 5.43 Å². The maximum absolute atomic E-state index is 11.3. The minimum Gasteiger partial charge on any atom is -0.294 e. The SMILES string of the molecule is CC(C)Sc1ccc(C(C)C(=O)NN)cc1. The molecule has 1 atom stereocenters. The normalized spacial score (nSPS) is 12.6. The van der Waals surface area contributed by atoms with Crippen molar-refractivity contribution >= 4 is 17.7 Å². The molecule has 3 nitrogen and oxygen atoms in total. The molecular weight excluding hydrogens is 220 g/mol. The Labute approximate surface area is 101 Å². The first-order chi connectivity index (χ1) is 7.54. The third kappa shape index (κ3) is 3.54. The number of amides is 1. The maximum Gasteiger partial charge on any atom is 0.241 e. The van der Waals surface area contributed by atoms with E-state index in [-0.39, 0.29) is 11.8 Å². The molecule has 1 amide bonds. The van der Waals surface area contributed by atoms with Gasteiger partial charge in [-0.2, -0.15) is 0 Å². The van der Waals surface area contributed by atoms with Gasteiger partial charge in [0.25, 0.3) is 0 Å². The number of nitrogens with two attached hydrogens (primary N) is 1. The van der Waals surface area contributed by atoms with Crippen molar-refractivity contribution < 1.29 is 4.79 Å². The van der Waals surface area contributed by atoms with Crippen LogP contribution in [0.3, 0.4) is 0 Å². The van der Waals surface area contributed by atoms with E-state index in [1.54, 1.807) is 0 Å². The summed E-state index contributed by atoms with van der Waals surface area (Å²) < 4.78 is 0. The lowest BCUT2D eigenvalue weighted by atomic mass is 10.0. The van der Waals surface area contributed by atoms with Crippen LogP contribution in [0.15, 0.2) is 29.2 Å². The molecule has 0 fully saturated rings. The quantitative estimate of drug-likeness (QED) is 0.366. The smallest absolute Gasteiger partial charge is 0.241 e. The van der Waals surface area contributed by atoms with Crippen LogP contribution in [0.5, 0.6) is 0 Å². The van der Waals surface area contributed by atoms with Gasteiger partial charge in [-0.05, 0) is 24.6 Å². The van der Waals surface area contributed by atoms with Gasteiger partial charge < -0.3 is 0 Å². The highest BCUT2D eigenvalue weighted by atomic mass is 32.2. The Morgan fingerprint density at radius 1 is 1.25 bits per heavy atom. The standard InChI is InChI=1S/C12H18N2OS/c1-8(2)16-11-6-4-10(5-7-11)9(3)12(15)14-13/h4-9H,13H2,1-3H3,(H,14,15). The molecule has 0 saturated heterocycles. The van der Waals surface area contributed by atoms with Gasteiger partial charge in [-0.15, -0.1) is 11.8 Å². The van der Waals surface area contributed by atoms with E-state index in [0.29, 0.717) is 5.25 Å². The van der Waals surface area contributed by atoms with Gasteiger partial charge >= 0.3 is 0 Å². The number of hydrazine groups is 1. The van der Waals surface area contributed by atoms with Crippen LogP contribution in [0.2, 0.25) is 0 Å². The van der Waals surface area contributed by atoms with Crippen LogP contribution >= 0.6 is 11.8 Å². The zero-order chi connectivity index (χ0) is 12.1. The second-order valence-corrected chi connectivity index (χ2v) is 5.62. The molecule has 1 rings (SSSR count). The van der Waals surface area contributed by atoms with Crippen LogP contribution in [0.25, 0.3) is 0 Å². The van der Waals surface area contributed by atoms with Gasteiger partial charge in [0.2, 0.25) is 5.91 Å². The molecular formula is C12H18N2OS. The van der Waals surface area contributed by atoms with Gasteiger partial charge in [-0.25, -0.2) is 5.84 Å². The molecule has 0 aromatic heterocycles. The number of benzene rings is 1. The van der Waals surface area contributed by atoms with Crippen LogP contribution < -0.4 is 11.3 Å². The number of hydrogen-bond acceptors (Lipinski definition) is 3. The first kappa shape index (κ1) is 13.1. The summed E-state index contributed by atoms with van der Waals surface area (Å²) >= 11 is 1.81. The summed E-state index contributed by atoms with van der Waals surface area (Å²) in [6.07, 6.45) is 0. The van der Waals surface area contributed by atoms with Crippen LogP contribution in [0.4, 0.5) is 0 Å². The lowest BCUT2D eigenvalue weighted by molar-refractivity contribution is -0.122. The molecule has 3 N–H and O–H groups in total. The van der Waals surface area contributed by atoms with Crippen LogP contribution in [-0.4, -0.2) is 11.2 Å². The molecule has 4 heteroatoms. The fraction of sp³-hybridized carbons (Fsp3) is 0.417. The highest BCUT2D eigenvalue weighted by Crippen LogP contribution is 2.25. The molecule has 16 heavy (non-hydrogen) atoms. The molecule has 0 aliphatic carbocycles. The molecule has 1 unspecified atom stereocenters. The summed E-state index contributed by atoms with van der Waals surface area (Å²) in [5, 5.41) is 0.565. The topological polar surface area (TPSA) is 55.1 Å². The Morgan fingerprint density at radius 3 is 2.25 bits per heavy atom. The predicted molar refractivity (Wildman–Crippen MR) is 68.2 cm³/mol. The fourth-order valence-electron chi connectivity index (χ4n) is 1.38. The number of thioether (sulfide) groups is 1. The van der Waals surface area contributed by atoms with E-state index in [4.69, 9.17) is 5.84 Å². The van der Waals surface area contributed by atoms with E-state index >= 15 is 0 Å². The molecule has 0 bridgehead atoms. The Balaban J connectivity index is 2.74. The van der Waals surface area contributed by atoms with Gasteiger partial charge in [0.15, 0.2) is 0 Å². The van der Waals surface area contributed by atoms with Crippen molar-refractivity contribution in [2.45, 2.75) is 36.8 Å². The fourth-order valence-corrected chi connectivity index (χ4v) is 2.22. The zero-order valence-corrected chi connectivity index (χ0v) is 10.7. The van der Waals surface area contributed by atoms with Crippen molar-refractivity contribution in [3.63, 3.8) is 0 Å². The van der Waals surface area contributed by atoms with E-state index in [1.807, 2.05) is 43.0 Å². The summed E-state index contributed by atoms with van der Waals surface area (Å²) in [7, 11) is 0. The first-order valence-electron chi connectivity index (χ1n) is 5.31. The number of nitrogens with one attached hydrogen (secondary N) is 1. The molecule has 0 aliphatic heterocycles. The number of hydrogen-bond donors (Lipinski definition) is 2. The molecule has 0 radical (unpaired) electrons. The van der Waals surface area contributed by atoms with E-state index in [0.717, 1.165) is 5.56 Å². The third-order valence-corrected chi connectivity index (χ3v) is 3.30. The maximum atomic E-state index is 11.3. The Kier molecular flexibility index (Phi) is 4.83. The molecule has 88 valence electrons. The minimum atomic E-state index is -0.205. The second-order valence-electron chi connectivity index (χ2n) is 3.97. The average Bonchev–Trinajstić information content (AvgIpc) is 2.27. The van der Waals surface area contributed by atoms with Crippen LogP contribution in [0, 0.1) is 0 Å². The van der Waals surface area contributed by atoms with Gasteiger partial charge in [0, 0.05) is 10.1 Å². The predicted octanol–water partition coefficient (Wildman–Crippen LogP) is 2.28. The number of carbonyl (C=O) groups excluding carboxylic acids is 1. The Hall–Kier alpha value is -1.00. The van der Waals surface area contributed by atoms with Crippen molar-refractivity contribution in [3.8, 4) is 0 Å². The highest BCUT2D eigenvalue weighted by Gasteiger charge is 2.13. The lowest BCUT2D eigenvalue weighted by Gasteiger charge is -2.11. The van der Waals surface area contributed by atoms with Crippen molar-refractivity contribution in [1.29, 1.82) is 0 Å². The van der Waals surface area contributed by atoms with Crippen molar-refractivity contribution in [2.75, 3.05) is 0 Å². The van der Waals surface area contributed by atoms with Crippen LogP contribution in [-0.2, 0) is 4.79 Å². The van der Waals surface area contributed by atoms with E-state index in [9.17, 15) is 4.79 Å². The van der Waals surface area contributed by atoms with E-state index in [2.05, 4.69) is 19.3 Å². The lowest BCUT2D eigenvalue weighted by Crippen LogP contribution is -2.33. The molecule has 1 aromatic carbocycles. The molecule has 0 saturated carbocycles. The van der Waals surface area contributed by atoms with E-state index in [1.165, 1.54) is 4.90 Å². The Bertz CT molecular complexity index is 349. The van der Waals surface area contributed by atoms with Crippen molar-refractivity contribution in [2.24, 2.45) is 5.84 Å². The summed E-state index contributed by atoms with van der Waals surface area (Å²) in [5.74, 6) is 4.73. The molecule has 0 aliphatic rings. The summed E-state index contributed by atoms with van der Waals surface area (Å²) in [4.78, 5) is 12.6. The largest absolute Gasteiger partial charge is 0.294 e. The number of carbonyl (C=O) groups is 1. The molecule has 0 spiro atoms. The summed E-state index contributed by atoms with van der Waals surface area (Å²) in [6, 6.07) is 8.04. The van der Waals surface area contributed by atoms with Gasteiger partial charge in [0.1, 0.15) is 0 Å². The van der Waals surface area contributed by atoms with Gasteiger partial charge in [0.05, 0.1) is 5.92 Å². The van der Waals surface area contributed by atoms with E-state index < -0.39 is 0 Å². The molecule has 1 aromatic rings. The summed E-state index contributed by atoms with van der Waals surface area (Å²) in [6.45, 7) is 6.15. The minimum absolute atomic E-state index is 0.163. The monoisotopic (exact) mass is 238 g/mol. The third-order valence-electron chi connectivity index (χ3n) is 2.29. The average molecular weight is 238 g/mol. The number of rotatable bonds is 4. The highest BCUT2D eigenvalue weighted by molar-refractivity contribution is 7.99. The summed E-state index contributed by atoms with van der Waals surface area (Å²) in [5.41, 5.74) is 3.15. The van der Waals surface area contributed by atoms with Crippen LogP contribution in [0.1, 0.15) is 32.3 Å².